The van der Waals surface area contributed by atoms with E-state index in [1.807, 2.05) is 0 Å². The van der Waals surface area contributed by atoms with Gasteiger partial charge in [-0.05, 0) is 41.3 Å². The van der Waals surface area contributed by atoms with Gasteiger partial charge in [-0.15, -0.1) is 0 Å². The van der Waals surface area contributed by atoms with E-state index in [4.69, 9.17) is 0 Å². The molecule has 0 aliphatic heterocycles. The Hall–Kier alpha value is -2.15. The molecule has 0 aliphatic carbocycles. The van der Waals surface area contributed by atoms with Gasteiger partial charge in [0.1, 0.15) is 6.29 Å². The van der Waals surface area contributed by atoms with Crippen LogP contribution in [0.1, 0.15) is 24.5 Å². The van der Waals surface area contributed by atoms with Gasteiger partial charge in [0.25, 0.3) is 0 Å². The van der Waals surface area contributed by atoms with Crippen LogP contribution in [0, 0.1) is 0 Å². The average molecular weight is 370 g/mol. The number of hydrogen-bond acceptors (Lipinski definition) is 3. The minimum Gasteiger partial charge on any atom is -0.303 e. The van der Waals surface area contributed by atoms with E-state index in [-0.39, 0.29) is 17.1 Å². The van der Waals surface area contributed by atoms with Crippen molar-refractivity contribution in [1.82, 2.24) is 0 Å². The first-order chi connectivity index (χ1) is 11.7. The van der Waals surface area contributed by atoms with Gasteiger partial charge in [-0.2, -0.15) is 13.2 Å². The molecule has 25 heavy (non-hydrogen) atoms. The van der Waals surface area contributed by atoms with Crippen LogP contribution in [0.3, 0.4) is 0 Å². The summed E-state index contributed by atoms with van der Waals surface area (Å²) in [5, 5.41) is 0. The zero-order valence-electron chi connectivity index (χ0n) is 13.5. The Balaban J connectivity index is 2.49. The molecule has 0 aromatic heterocycles. The molecule has 0 fully saturated rings. The highest BCUT2D eigenvalue weighted by atomic mass is 32.2. The fourth-order valence-electron chi connectivity index (χ4n) is 2.45. The second-order valence-corrected chi connectivity index (χ2v) is 7.75. The molecule has 0 radical (unpaired) electrons. The van der Waals surface area contributed by atoms with Gasteiger partial charge in [0.05, 0.1) is 16.2 Å². The van der Waals surface area contributed by atoms with Crippen LogP contribution in [0.2, 0.25) is 0 Å². The molecular weight excluding hydrogens is 353 g/mol. The largest absolute Gasteiger partial charge is 0.416 e. The third-order valence-electron chi connectivity index (χ3n) is 3.86. The molecule has 2 aromatic rings. The van der Waals surface area contributed by atoms with Gasteiger partial charge in [0.15, 0.2) is 9.84 Å². The van der Waals surface area contributed by atoms with Crippen LogP contribution >= 0.6 is 0 Å². The molecular formula is C18H17F3O3S. The number of halogens is 3. The highest BCUT2D eigenvalue weighted by Crippen LogP contribution is 2.32. The lowest BCUT2D eigenvalue weighted by atomic mass is 10.0. The van der Waals surface area contributed by atoms with Crippen molar-refractivity contribution in [3.8, 4) is 11.1 Å². The number of aldehydes is 1. The summed E-state index contributed by atoms with van der Waals surface area (Å²) in [6.45, 7) is 1.52. The van der Waals surface area contributed by atoms with Crippen molar-refractivity contribution in [2.24, 2.45) is 0 Å². The lowest BCUT2D eigenvalue weighted by Gasteiger charge is -2.12. The van der Waals surface area contributed by atoms with Gasteiger partial charge < -0.3 is 4.79 Å². The number of alkyl halides is 3. The molecule has 0 atom stereocenters. The summed E-state index contributed by atoms with van der Waals surface area (Å²) in [5.74, 6) is -0.0996. The van der Waals surface area contributed by atoms with Gasteiger partial charge in [-0.25, -0.2) is 8.42 Å². The van der Waals surface area contributed by atoms with Gasteiger partial charge in [-0.1, -0.05) is 31.2 Å². The molecule has 0 unspecified atom stereocenters. The van der Waals surface area contributed by atoms with Crippen LogP contribution in [0.5, 0.6) is 0 Å². The first-order valence-electron chi connectivity index (χ1n) is 7.66. The van der Waals surface area contributed by atoms with E-state index in [1.165, 1.54) is 25.1 Å². The maximum Gasteiger partial charge on any atom is 0.416 e. The molecule has 0 heterocycles. The second-order valence-electron chi connectivity index (χ2n) is 5.51. The molecule has 0 bridgehead atoms. The highest BCUT2D eigenvalue weighted by molar-refractivity contribution is 7.91. The minimum absolute atomic E-state index is 0.0996. The average Bonchev–Trinajstić information content (AvgIpc) is 2.59. The van der Waals surface area contributed by atoms with Crippen LogP contribution in [0.15, 0.2) is 47.4 Å². The maximum absolute atomic E-state index is 12.7. The van der Waals surface area contributed by atoms with Crippen LogP contribution in [0.25, 0.3) is 11.1 Å². The lowest BCUT2D eigenvalue weighted by Crippen LogP contribution is -2.08. The van der Waals surface area contributed by atoms with E-state index in [2.05, 4.69) is 0 Å². The van der Waals surface area contributed by atoms with Crippen molar-refractivity contribution < 1.29 is 26.4 Å². The number of rotatable bonds is 6. The molecule has 0 spiro atoms. The maximum atomic E-state index is 12.7. The number of hydrogen-bond donors (Lipinski definition) is 0. The molecule has 0 saturated carbocycles. The van der Waals surface area contributed by atoms with Crippen LogP contribution < -0.4 is 0 Å². The smallest absolute Gasteiger partial charge is 0.303 e. The van der Waals surface area contributed by atoms with Gasteiger partial charge in [0.2, 0.25) is 0 Å². The van der Waals surface area contributed by atoms with Crippen molar-refractivity contribution >= 4 is 16.1 Å². The third kappa shape index (κ3) is 4.48. The second kappa shape index (κ2) is 7.39. The fourth-order valence-corrected chi connectivity index (χ4v) is 3.64. The number of benzene rings is 2. The molecule has 0 amide bonds. The summed E-state index contributed by atoms with van der Waals surface area (Å²) < 4.78 is 62.6. The zero-order chi connectivity index (χ0) is 18.7. The summed E-state index contributed by atoms with van der Waals surface area (Å²) in [7, 11) is -3.52. The molecule has 7 heteroatoms. The highest BCUT2D eigenvalue weighted by Gasteiger charge is 2.30. The quantitative estimate of drug-likeness (QED) is 0.713. The Morgan fingerprint density at radius 2 is 1.60 bits per heavy atom. The number of carbonyl (C=O) groups excluding carboxylic acids is 1. The summed E-state index contributed by atoms with van der Waals surface area (Å²) in [4.78, 5) is 10.7. The molecule has 134 valence electrons. The Morgan fingerprint density at radius 1 is 1.00 bits per heavy atom. The molecule has 0 saturated heterocycles. The van der Waals surface area contributed by atoms with E-state index in [0.717, 1.165) is 12.1 Å². The summed E-state index contributed by atoms with van der Waals surface area (Å²) >= 11 is 0. The summed E-state index contributed by atoms with van der Waals surface area (Å²) in [6.07, 6.45) is -3.21. The number of carbonyl (C=O) groups is 1. The van der Waals surface area contributed by atoms with Crippen molar-refractivity contribution in [2.75, 3.05) is 5.75 Å². The van der Waals surface area contributed by atoms with Crippen LogP contribution in [-0.4, -0.2) is 20.5 Å². The van der Waals surface area contributed by atoms with Crippen molar-refractivity contribution in [1.29, 1.82) is 0 Å². The summed E-state index contributed by atoms with van der Waals surface area (Å²) in [5.41, 5.74) is 0.767. The van der Waals surface area contributed by atoms with E-state index in [9.17, 15) is 26.4 Å². The van der Waals surface area contributed by atoms with Crippen LogP contribution in [0.4, 0.5) is 13.2 Å². The number of aryl methyl sites for hydroxylation is 1. The topological polar surface area (TPSA) is 51.2 Å². The predicted octanol–water partition coefficient (Wildman–Crippen LogP) is 4.30. The molecule has 0 N–H and O–H groups in total. The monoisotopic (exact) mass is 370 g/mol. The molecule has 2 rings (SSSR count). The molecule has 2 aromatic carbocycles. The normalized spacial score (nSPS) is 12.2. The Bertz CT molecular complexity index is 854. The summed E-state index contributed by atoms with van der Waals surface area (Å²) in [6, 6.07) is 9.27. The molecule has 3 nitrogen and oxygen atoms in total. The molecule has 0 aliphatic rings. The third-order valence-corrected chi connectivity index (χ3v) is 5.67. The minimum atomic E-state index is -4.42. The first-order valence-corrected chi connectivity index (χ1v) is 9.31. The SMILES string of the molecule is CCS(=O)(=O)c1cc(-c2ccc(C(F)(F)F)cc2)ccc1CCC=O. The Labute approximate surface area is 144 Å². The van der Waals surface area contributed by atoms with E-state index < -0.39 is 21.6 Å². The zero-order valence-corrected chi connectivity index (χ0v) is 14.3. The Kier molecular flexibility index (Phi) is 5.67. The van der Waals surface area contributed by atoms with Gasteiger partial charge >= 0.3 is 6.18 Å². The predicted molar refractivity (Wildman–Crippen MR) is 89.0 cm³/mol. The van der Waals surface area contributed by atoms with Crippen molar-refractivity contribution in [2.45, 2.75) is 30.8 Å². The van der Waals surface area contributed by atoms with E-state index >= 15 is 0 Å². The van der Waals surface area contributed by atoms with E-state index in [1.54, 1.807) is 12.1 Å². The van der Waals surface area contributed by atoms with Gasteiger partial charge in [0, 0.05) is 6.42 Å². The first kappa shape index (κ1) is 19.2. The van der Waals surface area contributed by atoms with Crippen molar-refractivity contribution in [3.05, 3.63) is 53.6 Å². The van der Waals surface area contributed by atoms with Gasteiger partial charge in [-0.3, -0.25) is 0 Å². The van der Waals surface area contributed by atoms with Crippen LogP contribution in [-0.2, 0) is 27.2 Å². The fraction of sp³-hybridized carbons (Fsp3) is 0.278. The van der Waals surface area contributed by atoms with E-state index in [0.29, 0.717) is 29.4 Å². The standard InChI is InChI=1S/C18H17F3O3S/c1-2-25(23,24)17-12-15(6-5-14(17)4-3-11-22)13-7-9-16(10-8-13)18(19,20)21/h5-12H,2-4H2,1H3. The lowest BCUT2D eigenvalue weighted by molar-refractivity contribution is -0.137. The number of sulfone groups is 1. The van der Waals surface area contributed by atoms with Crippen molar-refractivity contribution in [3.63, 3.8) is 0 Å². The Morgan fingerprint density at radius 3 is 2.12 bits per heavy atom.